The standard InChI is InChI=1S/C4H10O2S.C2H6O2/c5-1-3-7-4-2-6;3-1-2-4/h5-6H,1-4H2;3-4H,1-2H2. The molecule has 0 saturated heterocycles. The summed E-state index contributed by atoms with van der Waals surface area (Å²) >= 11 is 1.55. The minimum absolute atomic E-state index is 0.125. The highest BCUT2D eigenvalue weighted by molar-refractivity contribution is 7.99. The van der Waals surface area contributed by atoms with Gasteiger partial charge in [0.05, 0.1) is 26.4 Å². The second-order valence-electron chi connectivity index (χ2n) is 1.51. The van der Waals surface area contributed by atoms with Crippen molar-refractivity contribution in [1.29, 1.82) is 0 Å². The van der Waals surface area contributed by atoms with Crippen molar-refractivity contribution < 1.29 is 20.4 Å². The molecule has 0 saturated carbocycles. The van der Waals surface area contributed by atoms with E-state index in [9.17, 15) is 0 Å². The molecule has 0 aromatic rings. The first-order valence-electron chi connectivity index (χ1n) is 3.34. The van der Waals surface area contributed by atoms with E-state index in [1.165, 1.54) is 0 Å². The van der Waals surface area contributed by atoms with Gasteiger partial charge in [-0.1, -0.05) is 0 Å². The summed E-state index contributed by atoms with van der Waals surface area (Å²) in [6.07, 6.45) is 0. The molecule has 4 nitrogen and oxygen atoms in total. The van der Waals surface area contributed by atoms with E-state index in [0.717, 1.165) is 11.5 Å². The molecule has 5 heteroatoms. The number of rotatable bonds is 5. The molecular weight excluding hydrogens is 168 g/mol. The van der Waals surface area contributed by atoms with Crippen molar-refractivity contribution in [3.05, 3.63) is 0 Å². The predicted molar refractivity (Wildman–Crippen MR) is 45.7 cm³/mol. The molecule has 0 aromatic heterocycles. The Labute approximate surface area is 70.9 Å². The van der Waals surface area contributed by atoms with E-state index in [0.29, 0.717) is 0 Å². The maximum Gasteiger partial charge on any atom is 0.0662 e. The quantitative estimate of drug-likeness (QED) is 0.398. The number of aliphatic hydroxyl groups excluding tert-OH is 4. The van der Waals surface area contributed by atoms with Gasteiger partial charge in [0.2, 0.25) is 0 Å². The van der Waals surface area contributed by atoms with Gasteiger partial charge in [-0.3, -0.25) is 0 Å². The van der Waals surface area contributed by atoms with Crippen molar-refractivity contribution >= 4 is 11.8 Å². The Kier molecular flexibility index (Phi) is 20.8. The molecule has 11 heavy (non-hydrogen) atoms. The average Bonchev–Trinajstić information content (AvgIpc) is 2.06. The molecule has 4 N–H and O–H groups in total. The molecule has 0 spiro atoms. The van der Waals surface area contributed by atoms with Gasteiger partial charge in [0.1, 0.15) is 0 Å². The minimum Gasteiger partial charge on any atom is -0.396 e. The van der Waals surface area contributed by atoms with Crippen LogP contribution in [0.15, 0.2) is 0 Å². The monoisotopic (exact) mass is 184 g/mol. The molecule has 0 rings (SSSR count). The Morgan fingerprint density at radius 3 is 1.18 bits per heavy atom. The van der Waals surface area contributed by atoms with Crippen LogP contribution in [0.25, 0.3) is 0 Å². The molecule has 0 amide bonds. The smallest absolute Gasteiger partial charge is 0.0662 e. The zero-order valence-corrected chi connectivity index (χ0v) is 7.26. The fourth-order valence-electron chi connectivity index (χ4n) is 0.231. The maximum absolute atomic E-state index is 8.19. The van der Waals surface area contributed by atoms with Crippen LogP contribution in [0.1, 0.15) is 0 Å². The molecule has 0 aliphatic carbocycles. The number of hydrogen-bond donors (Lipinski definition) is 4. The normalized spacial score (nSPS) is 8.73. The molecule has 70 valence electrons. The van der Waals surface area contributed by atoms with Gasteiger partial charge in [-0.05, 0) is 0 Å². The largest absolute Gasteiger partial charge is 0.396 e. The van der Waals surface area contributed by atoms with Crippen molar-refractivity contribution in [1.82, 2.24) is 0 Å². The van der Waals surface area contributed by atoms with Crippen LogP contribution < -0.4 is 0 Å². The number of aliphatic hydroxyl groups is 4. The molecule has 0 aromatic carbocycles. The molecule has 0 unspecified atom stereocenters. The van der Waals surface area contributed by atoms with Gasteiger partial charge >= 0.3 is 0 Å². The minimum atomic E-state index is -0.125. The van der Waals surface area contributed by atoms with Gasteiger partial charge in [0.15, 0.2) is 0 Å². The van der Waals surface area contributed by atoms with Crippen LogP contribution in [0.3, 0.4) is 0 Å². The summed E-state index contributed by atoms with van der Waals surface area (Å²) in [6, 6.07) is 0. The topological polar surface area (TPSA) is 80.9 Å². The highest BCUT2D eigenvalue weighted by Crippen LogP contribution is 1.94. The summed E-state index contributed by atoms with van der Waals surface area (Å²) < 4.78 is 0. The van der Waals surface area contributed by atoms with Crippen molar-refractivity contribution in [2.45, 2.75) is 0 Å². The number of thioether (sulfide) groups is 1. The van der Waals surface area contributed by atoms with Gasteiger partial charge in [-0.2, -0.15) is 11.8 Å². The number of hydrogen-bond acceptors (Lipinski definition) is 5. The Hall–Kier alpha value is 0.190. The van der Waals surface area contributed by atoms with E-state index in [-0.39, 0.29) is 26.4 Å². The van der Waals surface area contributed by atoms with Crippen molar-refractivity contribution in [2.24, 2.45) is 0 Å². The van der Waals surface area contributed by atoms with Crippen molar-refractivity contribution in [3.63, 3.8) is 0 Å². The summed E-state index contributed by atoms with van der Waals surface area (Å²) in [6.45, 7) is 0.176. The van der Waals surface area contributed by atoms with Crippen LogP contribution in [0.5, 0.6) is 0 Å². The Morgan fingerprint density at radius 2 is 1.00 bits per heavy atom. The van der Waals surface area contributed by atoms with Gasteiger partial charge < -0.3 is 20.4 Å². The molecular formula is C6H16O4S. The summed E-state index contributed by atoms with van der Waals surface area (Å²) in [7, 11) is 0. The van der Waals surface area contributed by atoms with E-state index in [1.807, 2.05) is 0 Å². The lowest BCUT2D eigenvalue weighted by Crippen LogP contribution is -1.91. The summed E-state index contributed by atoms with van der Waals surface area (Å²) in [5.41, 5.74) is 0. The van der Waals surface area contributed by atoms with E-state index >= 15 is 0 Å². The third-order valence-electron chi connectivity index (χ3n) is 0.571. The molecule has 0 aliphatic rings. The highest BCUT2D eigenvalue weighted by atomic mass is 32.2. The SMILES string of the molecule is OCCO.OCCSCCO. The van der Waals surface area contributed by atoms with Crippen LogP contribution >= 0.6 is 11.8 Å². The first-order chi connectivity index (χ1) is 5.33. The van der Waals surface area contributed by atoms with Gasteiger partial charge in [0.25, 0.3) is 0 Å². The third kappa shape index (κ3) is 25.4. The lowest BCUT2D eigenvalue weighted by atomic mass is 10.8. The van der Waals surface area contributed by atoms with Crippen LogP contribution in [-0.2, 0) is 0 Å². The van der Waals surface area contributed by atoms with Crippen LogP contribution in [0.4, 0.5) is 0 Å². The fourth-order valence-corrected chi connectivity index (χ4v) is 0.693. The first-order valence-corrected chi connectivity index (χ1v) is 4.50. The summed E-state index contributed by atoms with van der Waals surface area (Å²) in [5, 5.41) is 31.6. The lowest BCUT2D eigenvalue weighted by Gasteiger charge is -1.90. The molecule has 0 aliphatic heterocycles. The van der Waals surface area contributed by atoms with E-state index in [4.69, 9.17) is 20.4 Å². The molecule has 0 radical (unpaired) electrons. The van der Waals surface area contributed by atoms with Gasteiger partial charge in [-0.15, -0.1) is 0 Å². The Morgan fingerprint density at radius 1 is 0.636 bits per heavy atom. The fraction of sp³-hybridized carbons (Fsp3) is 1.00. The predicted octanol–water partition coefficient (Wildman–Crippen LogP) is -1.32. The van der Waals surface area contributed by atoms with E-state index in [1.54, 1.807) is 11.8 Å². The van der Waals surface area contributed by atoms with E-state index < -0.39 is 0 Å². The average molecular weight is 184 g/mol. The van der Waals surface area contributed by atoms with Gasteiger partial charge in [-0.25, -0.2) is 0 Å². The Balaban J connectivity index is 0. The summed E-state index contributed by atoms with van der Waals surface area (Å²) in [4.78, 5) is 0. The van der Waals surface area contributed by atoms with Crippen LogP contribution in [-0.4, -0.2) is 58.4 Å². The zero-order valence-electron chi connectivity index (χ0n) is 6.44. The van der Waals surface area contributed by atoms with Gasteiger partial charge in [0, 0.05) is 11.5 Å². The second kappa shape index (κ2) is 16.6. The van der Waals surface area contributed by atoms with Crippen LogP contribution in [0, 0.1) is 0 Å². The highest BCUT2D eigenvalue weighted by Gasteiger charge is 1.81. The van der Waals surface area contributed by atoms with Crippen molar-refractivity contribution in [2.75, 3.05) is 37.9 Å². The third-order valence-corrected chi connectivity index (χ3v) is 1.51. The molecule has 0 heterocycles. The zero-order chi connectivity index (χ0) is 8.95. The molecule has 0 fully saturated rings. The van der Waals surface area contributed by atoms with E-state index in [2.05, 4.69) is 0 Å². The lowest BCUT2D eigenvalue weighted by molar-refractivity contribution is 0.186. The van der Waals surface area contributed by atoms with Crippen molar-refractivity contribution in [3.8, 4) is 0 Å². The second-order valence-corrected chi connectivity index (χ2v) is 2.73. The first kappa shape index (κ1) is 13.8. The maximum atomic E-state index is 8.19. The van der Waals surface area contributed by atoms with Crippen LogP contribution in [0.2, 0.25) is 0 Å². The molecule has 0 bridgehead atoms. The molecule has 0 atom stereocenters. The summed E-state index contributed by atoms with van der Waals surface area (Å²) in [5.74, 6) is 1.47. The Bertz CT molecular complexity index is 47.8.